The second kappa shape index (κ2) is 6.21. The van der Waals surface area contributed by atoms with E-state index in [1.165, 1.54) is 37.4 Å². The number of benzene rings is 2. The van der Waals surface area contributed by atoms with Crippen LogP contribution in [0.2, 0.25) is 5.02 Å². The second-order valence-corrected chi connectivity index (χ2v) is 6.97. The standard InChI is InChI=1S/C13H10BrClFNO3S/c1-20-13-6-8(2-5-11(13)15)17-21(18,19)9-3-4-10(14)12(16)7-9/h2-7,17H,1H3. The van der Waals surface area contributed by atoms with Crippen LogP contribution < -0.4 is 9.46 Å². The van der Waals surface area contributed by atoms with Gasteiger partial charge >= 0.3 is 0 Å². The lowest BCUT2D eigenvalue weighted by molar-refractivity contribution is 0.415. The fourth-order valence-electron chi connectivity index (χ4n) is 1.58. The number of rotatable bonds is 4. The first-order valence-corrected chi connectivity index (χ1v) is 8.30. The number of hydrogen-bond acceptors (Lipinski definition) is 3. The molecule has 2 aromatic carbocycles. The van der Waals surface area contributed by atoms with Gasteiger partial charge in [-0.05, 0) is 46.3 Å². The Morgan fingerprint density at radius 2 is 1.95 bits per heavy atom. The predicted molar refractivity (Wildman–Crippen MR) is 82.9 cm³/mol. The fourth-order valence-corrected chi connectivity index (χ4v) is 3.08. The summed E-state index contributed by atoms with van der Waals surface area (Å²) in [5.41, 5.74) is 0.263. The second-order valence-electron chi connectivity index (χ2n) is 4.03. The number of nitrogens with one attached hydrogen (secondary N) is 1. The van der Waals surface area contributed by atoms with Crippen molar-refractivity contribution in [2.24, 2.45) is 0 Å². The van der Waals surface area contributed by atoms with Gasteiger partial charge < -0.3 is 4.74 Å². The molecule has 0 amide bonds. The van der Waals surface area contributed by atoms with Gasteiger partial charge in [-0.25, -0.2) is 12.8 Å². The Labute approximate surface area is 135 Å². The van der Waals surface area contributed by atoms with Gasteiger partial charge in [0.25, 0.3) is 10.0 Å². The molecule has 0 heterocycles. The summed E-state index contributed by atoms with van der Waals surface area (Å²) in [6.45, 7) is 0. The topological polar surface area (TPSA) is 55.4 Å². The molecule has 0 radical (unpaired) electrons. The molecule has 1 N–H and O–H groups in total. The monoisotopic (exact) mass is 393 g/mol. The summed E-state index contributed by atoms with van der Waals surface area (Å²) in [6.07, 6.45) is 0. The summed E-state index contributed by atoms with van der Waals surface area (Å²) < 4.78 is 45.3. The summed E-state index contributed by atoms with van der Waals surface area (Å²) in [7, 11) is -2.48. The lowest BCUT2D eigenvalue weighted by Crippen LogP contribution is -2.13. The molecule has 0 fully saturated rings. The molecule has 0 unspecified atom stereocenters. The van der Waals surface area contributed by atoms with Gasteiger partial charge in [0.2, 0.25) is 0 Å². The highest BCUT2D eigenvalue weighted by Crippen LogP contribution is 2.29. The molecule has 4 nitrogen and oxygen atoms in total. The maximum atomic E-state index is 13.4. The fraction of sp³-hybridized carbons (Fsp3) is 0.0769. The summed E-state index contributed by atoms with van der Waals surface area (Å²) in [5.74, 6) is -0.328. The van der Waals surface area contributed by atoms with Crippen molar-refractivity contribution in [3.8, 4) is 5.75 Å². The van der Waals surface area contributed by atoms with E-state index in [4.69, 9.17) is 16.3 Å². The van der Waals surface area contributed by atoms with Crippen LogP contribution in [0.1, 0.15) is 0 Å². The van der Waals surface area contributed by atoms with Crippen molar-refractivity contribution < 1.29 is 17.5 Å². The van der Waals surface area contributed by atoms with Crippen LogP contribution in [-0.4, -0.2) is 15.5 Å². The summed E-state index contributed by atoms with van der Waals surface area (Å²) >= 11 is 8.83. The molecule has 0 aliphatic carbocycles. The number of sulfonamides is 1. The molecular formula is C13H10BrClFNO3S. The number of ether oxygens (including phenoxy) is 1. The molecule has 8 heteroatoms. The van der Waals surface area contributed by atoms with Gasteiger partial charge in [-0.15, -0.1) is 0 Å². The van der Waals surface area contributed by atoms with Crippen LogP contribution in [0.25, 0.3) is 0 Å². The van der Waals surface area contributed by atoms with Crippen LogP contribution in [0, 0.1) is 5.82 Å². The Morgan fingerprint density at radius 3 is 2.57 bits per heavy atom. The van der Waals surface area contributed by atoms with E-state index in [1.807, 2.05) is 0 Å². The molecular weight excluding hydrogens is 385 g/mol. The minimum atomic E-state index is -3.90. The Bertz CT molecular complexity index is 783. The normalized spacial score (nSPS) is 11.2. The van der Waals surface area contributed by atoms with Crippen molar-refractivity contribution in [1.82, 2.24) is 0 Å². The smallest absolute Gasteiger partial charge is 0.261 e. The third-order valence-electron chi connectivity index (χ3n) is 2.60. The Balaban J connectivity index is 2.35. The average molecular weight is 395 g/mol. The molecule has 21 heavy (non-hydrogen) atoms. The van der Waals surface area contributed by atoms with E-state index in [0.717, 1.165) is 6.07 Å². The number of hydrogen-bond donors (Lipinski definition) is 1. The van der Waals surface area contributed by atoms with Gasteiger partial charge in [-0.3, -0.25) is 4.72 Å². The van der Waals surface area contributed by atoms with Gasteiger partial charge in [-0.2, -0.15) is 0 Å². The van der Waals surface area contributed by atoms with Crippen molar-refractivity contribution in [3.63, 3.8) is 0 Å². The first-order valence-electron chi connectivity index (χ1n) is 5.65. The minimum absolute atomic E-state index is 0.183. The quantitative estimate of drug-likeness (QED) is 0.851. The molecule has 0 aliphatic heterocycles. The molecule has 0 saturated heterocycles. The maximum Gasteiger partial charge on any atom is 0.261 e. The zero-order valence-corrected chi connectivity index (χ0v) is 13.9. The van der Waals surface area contributed by atoms with E-state index in [1.54, 1.807) is 0 Å². The van der Waals surface area contributed by atoms with Crippen LogP contribution in [-0.2, 0) is 10.0 Å². The zero-order valence-electron chi connectivity index (χ0n) is 10.7. The van der Waals surface area contributed by atoms with Crippen LogP contribution in [0.3, 0.4) is 0 Å². The van der Waals surface area contributed by atoms with Crippen molar-refractivity contribution in [2.75, 3.05) is 11.8 Å². The van der Waals surface area contributed by atoms with Crippen LogP contribution in [0.5, 0.6) is 5.75 Å². The molecule has 0 spiro atoms. The van der Waals surface area contributed by atoms with E-state index in [9.17, 15) is 12.8 Å². The molecule has 2 rings (SSSR count). The maximum absolute atomic E-state index is 13.4. The lowest BCUT2D eigenvalue weighted by atomic mass is 10.3. The predicted octanol–water partition coefficient (Wildman–Crippen LogP) is 4.05. The van der Waals surface area contributed by atoms with Gasteiger partial charge in [0.05, 0.1) is 27.2 Å². The van der Waals surface area contributed by atoms with E-state index in [-0.39, 0.29) is 15.1 Å². The molecule has 0 aromatic heterocycles. The summed E-state index contributed by atoms with van der Waals surface area (Å²) in [4.78, 5) is -0.183. The highest BCUT2D eigenvalue weighted by atomic mass is 79.9. The average Bonchev–Trinajstić information content (AvgIpc) is 2.43. The van der Waals surface area contributed by atoms with Gasteiger partial charge in [-0.1, -0.05) is 11.6 Å². The molecule has 0 bridgehead atoms. The van der Waals surface area contributed by atoms with Crippen LogP contribution in [0.4, 0.5) is 10.1 Å². The molecule has 0 saturated carbocycles. The molecule has 112 valence electrons. The number of methoxy groups -OCH3 is 1. The van der Waals surface area contributed by atoms with Crippen molar-refractivity contribution in [2.45, 2.75) is 4.90 Å². The van der Waals surface area contributed by atoms with Gasteiger partial charge in [0.15, 0.2) is 0 Å². The Hall–Kier alpha value is -1.31. The summed E-state index contributed by atoms with van der Waals surface area (Å²) in [6, 6.07) is 7.97. The Morgan fingerprint density at radius 1 is 1.24 bits per heavy atom. The van der Waals surface area contributed by atoms with Crippen molar-refractivity contribution >= 4 is 43.2 Å². The third-order valence-corrected chi connectivity index (χ3v) is 4.94. The number of anilines is 1. The van der Waals surface area contributed by atoms with Crippen LogP contribution in [0.15, 0.2) is 45.8 Å². The van der Waals surface area contributed by atoms with E-state index in [2.05, 4.69) is 20.7 Å². The van der Waals surface area contributed by atoms with Crippen molar-refractivity contribution in [1.29, 1.82) is 0 Å². The van der Waals surface area contributed by atoms with E-state index >= 15 is 0 Å². The minimum Gasteiger partial charge on any atom is -0.495 e. The first kappa shape index (κ1) is 16.1. The third kappa shape index (κ3) is 3.66. The highest BCUT2D eigenvalue weighted by molar-refractivity contribution is 9.10. The van der Waals surface area contributed by atoms with E-state index in [0.29, 0.717) is 10.8 Å². The molecule has 0 aliphatic rings. The van der Waals surface area contributed by atoms with Crippen molar-refractivity contribution in [3.05, 3.63) is 51.7 Å². The molecule has 0 atom stereocenters. The largest absolute Gasteiger partial charge is 0.495 e. The molecule has 2 aromatic rings. The SMILES string of the molecule is COc1cc(NS(=O)(=O)c2ccc(Br)c(F)c2)ccc1Cl. The van der Waals surface area contributed by atoms with Gasteiger partial charge in [0, 0.05) is 6.07 Å². The first-order chi connectivity index (χ1) is 9.83. The zero-order chi connectivity index (χ0) is 15.6. The highest BCUT2D eigenvalue weighted by Gasteiger charge is 2.16. The summed E-state index contributed by atoms with van der Waals surface area (Å²) in [5, 5.41) is 0.357. The van der Waals surface area contributed by atoms with Crippen LogP contribution >= 0.6 is 27.5 Å². The lowest BCUT2D eigenvalue weighted by Gasteiger charge is -2.10. The number of halogens is 3. The Kier molecular flexibility index (Phi) is 4.75. The van der Waals surface area contributed by atoms with E-state index < -0.39 is 15.8 Å². The van der Waals surface area contributed by atoms with Gasteiger partial charge in [0.1, 0.15) is 11.6 Å².